The van der Waals surface area contributed by atoms with Crippen LogP contribution in [0.15, 0.2) is 0 Å². The standard InChI is InChI=1S/C4H9O2.3CH3.Sn/c1-3-6-4-5-2;;;;/h3H,4H2,1-2H3;3*1H3;. The van der Waals surface area contributed by atoms with E-state index >= 15 is 0 Å². The molecule has 0 radical (unpaired) electrons. The Labute approximate surface area is 67.8 Å². The summed E-state index contributed by atoms with van der Waals surface area (Å²) in [6, 6.07) is 0. The predicted octanol–water partition coefficient (Wildman–Crippen LogP) is 1.87. The Bertz CT molecular complexity index is 88.1. The summed E-state index contributed by atoms with van der Waals surface area (Å²) in [4.78, 5) is 7.07. The van der Waals surface area contributed by atoms with Gasteiger partial charge in [-0.1, -0.05) is 0 Å². The molecule has 3 heteroatoms. The molecule has 0 aromatic carbocycles. The molecule has 0 rings (SSSR count). The Kier molecular flexibility index (Phi) is 4.90. The van der Waals surface area contributed by atoms with Crippen molar-refractivity contribution < 1.29 is 9.47 Å². The van der Waals surface area contributed by atoms with Gasteiger partial charge >= 0.3 is 67.6 Å². The van der Waals surface area contributed by atoms with E-state index in [4.69, 9.17) is 9.47 Å². The molecule has 0 fully saturated rings. The van der Waals surface area contributed by atoms with Gasteiger partial charge in [-0.3, -0.25) is 0 Å². The second-order valence-electron chi connectivity index (χ2n) is 3.58. The van der Waals surface area contributed by atoms with Gasteiger partial charge in [0.05, 0.1) is 0 Å². The Balaban J connectivity index is 3.52. The van der Waals surface area contributed by atoms with E-state index in [2.05, 4.69) is 21.7 Å². The molecule has 0 aliphatic heterocycles. The zero-order chi connectivity index (χ0) is 8.20. The summed E-state index contributed by atoms with van der Waals surface area (Å²) in [7, 11) is 1.66. The third kappa shape index (κ3) is 4.52. The summed E-state index contributed by atoms with van der Waals surface area (Å²) in [5.41, 5.74) is 0. The minimum absolute atomic E-state index is 0.440. The van der Waals surface area contributed by atoms with Crippen LogP contribution >= 0.6 is 0 Å². The van der Waals surface area contributed by atoms with Crippen molar-refractivity contribution in [3.05, 3.63) is 0 Å². The van der Waals surface area contributed by atoms with Crippen LogP contribution < -0.4 is 0 Å². The summed E-state index contributed by atoms with van der Waals surface area (Å²) < 4.78 is 10.7. The van der Waals surface area contributed by atoms with Crippen molar-refractivity contribution in [1.29, 1.82) is 0 Å². The van der Waals surface area contributed by atoms with Gasteiger partial charge in [-0.15, -0.1) is 0 Å². The molecular formula is C7H18O2Sn. The molecule has 10 heavy (non-hydrogen) atoms. The molecule has 0 aromatic rings. The van der Waals surface area contributed by atoms with Crippen LogP contribution in [-0.4, -0.2) is 36.4 Å². The summed E-state index contributed by atoms with van der Waals surface area (Å²) in [5.74, 6) is 0. The Morgan fingerprint density at radius 3 is 2.10 bits per heavy atom. The molecule has 0 N–H and O–H groups in total. The average molecular weight is 253 g/mol. The predicted molar refractivity (Wildman–Crippen MR) is 45.8 cm³/mol. The molecule has 62 valence electrons. The second-order valence-corrected chi connectivity index (χ2v) is 19.4. The van der Waals surface area contributed by atoms with Crippen molar-refractivity contribution >= 4 is 18.4 Å². The molecule has 0 saturated heterocycles. The van der Waals surface area contributed by atoms with Gasteiger partial charge < -0.3 is 0 Å². The zero-order valence-corrected chi connectivity index (χ0v) is 10.5. The number of hydrogen-bond donors (Lipinski definition) is 0. The van der Waals surface area contributed by atoms with E-state index in [0.717, 1.165) is 0 Å². The van der Waals surface area contributed by atoms with Gasteiger partial charge in [0.2, 0.25) is 0 Å². The van der Waals surface area contributed by atoms with Crippen molar-refractivity contribution in [1.82, 2.24) is 0 Å². The van der Waals surface area contributed by atoms with Gasteiger partial charge in [0.1, 0.15) is 0 Å². The van der Waals surface area contributed by atoms with Crippen molar-refractivity contribution in [3.8, 4) is 0 Å². The molecule has 0 aliphatic carbocycles. The normalized spacial score (nSPS) is 15.3. The van der Waals surface area contributed by atoms with E-state index in [1.54, 1.807) is 7.11 Å². The van der Waals surface area contributed by atoms with Gasteiger partial charge in [-0.25, -0.2) is 0 Å². The number of ether oxygens (including phenoxy) is 2. The first kappa shape index (κ1) is 10.7. The van der Waals surface area contributed by atoms with Crippen molar-refractivity contribution in [2.24, 2.45) is 0 Å². The van der Waals surface area contributed by atoms with Crippen LogP contribution in [0.4, 0.5) is 0 Å². The van der Waals surface area contributed by atoms with E-state index in [1.807, 2.05) is 0 Å². The monoisotopic (exact) mass is 254 g/mol. The van der Waals surface area contributed by atoms with Gasteiger partial charge in [0.15, 0.2) is 0 Å². The van der Waals surface area contributed by atoms with Crippen LogP contribution in [0, 0.1) is 0 Å². The van der Waals surface area contributed by atoms with Crippen LogP contribution in [-0.2, 0) is 9.47 Å². The molecule has 0 heterocycles. The van der Waals surface area contributed by atoms with Gasteiger partial charge in [-0.2, -0.15) is 0 Å². The third-order valence-electron chi connectivity index (χ3n) is 1.66. The van der Waals surface area contributed by atoms with Crippen LogP contribution in [0.2, 0.25) is 14.8 Å². The molecule has 0 aromatic heterocycles. The van der Waals surface area contributed by atoms with Gasteiger partial charge in [-0.05, 0) is 0 Å². The molecule has 0 spiro atoms. The fraction of sp³-hybridized carbons (Fsp3) is 1.00. The van der Waals surface area contributed by atoms with E-state index in [9.17, 15) is 0 Å². The first-order valence-electron chi connectivity index (χ1n) is 3.59. The summed E-state index contributed by atoms with van der Waals surface area (Å²) in [6.45, 7) is 2.59. The van der Waals surface area contributed by atoms with Crippen molar-refractivity contribution in [3.63, 3.8) is 0 Å². The Morgan fingerprint density at radius 2 is 1.80 bits per heavy atom. The van der Waals surface area contributed by atoms with Gasteiger partial charge in [0, 0.05) is 0 Å². The average Bonchev–Trinajstić information content (AvgIpc) is 1.80. The SMILES string of the molecule is COCO[CH](C)[Sn]([CH3])([CH3])[CH3]. The van der Waals surface area contributed by atoms with Gasteiger partial charge in [0.25, 0.3) is 0 Å². The first-order chi connectivity index (χ1) is 4.48. The topological polar surface area (TPSA) is 18.5 Å². The zero-order valence-electron chi connectivity index (χ0n) is 7.60. The molecule has 1 unspecified atom stereocenters. The maximum absolute atomic E-state index is 5.43. The number of methoxy groups -OCH3 is 1. The molecule has 0 saturated carbocycles. The molecule has 2 nitrogen and oxygen atoms in total. The molecule has 0 aliphatic rings. The molecule has 0 amide bonds. The van der Waals surface area contributed by atoms with E-state index in [0.29, 0.717) is 10.9 Å². The molecule has 1 atom stereocenters. The van der Waals surface area contributed by atoms with Crippen LogP contribution in [0.1, 0.15) is 6.92 Å². The molecule has 0 bridgehead atoms. The first-order valence-corrected chi connectivity index (χ1v) is 13.8. The third-order valence-corrected chi connectivity index (χ3v) is 9.09. The van der Waals surface area contributed by atoms with Crippen LogP contribution in [0.25, 0.3) is 0 Å². The molecular weight excluding hydrogens is 235 g/mol. The van der Waals surface area contributed by atoms with Crippen LogP contribution in [0.5, 0.6) is 0 Å². The maximum atomic E-state index is 5.43. The quantitative estimate of drug-likeness (QED) is 0.562. The van der Waals surface area contributed by atoms with Crippen LogP contribution in [0.3, 0.4) is 0 Å². The Morgan fingerprint density at radius 1 is 1.30 bits per heavy atom. The fourth-order valence-corrected chi connectivity index (χ4v) is 2.04. The summed E-state index contributed by atoms with van der Waals surface area (Å²) in [6.07, 6.45) is 0. The van der Waals surface area contributed by atoms with Crippen molar-refractivity contribution in [2.45, 2.75) is 25.9 Å². The number of hydrogen-bond acceptors (Lipinski definition) is 2. The summed E-state index contributed by atoms with van der Waals surface area (Å²) in [5, 5.41) is 0. The van der Waals surface area contributed by atoms with E-state index in [1.165, 1.54) is 0 Å². The summed E-state index contributed by atoms with van der Waals surface area (Å²) >= 11 is -1.77. The number of rotatable bonds is 4. The minimum atomic E-state index is -1.77. The fourth-order valence-electron chi connectivity index (χ4n) is 0.420. The van der Waals surface area contributed by atoms with E-state index in [-0.39, 0.29) is 0 Å². The second kappa shape index (κ2) is 4.57. The van der Waals surface area contributed by atoms with Crippen molar-refractivity contribution in [2.75, 3.05) is 13.9 Å². The Hall–Kier alpha value is 0.719. The van der Waals surface area contributed by atoms with E-state index < -0.39 is 18.4 Å².